The Balaban J connectivity index is 1.07. The van der Waals surface area contributed by atoms with E-state index in [9.17, 15) is 0 Å². The highest BCUT2D eigenvalue weighted by atomic mass is 32.3. The highest BCUT2D eigenvalue weighted by Gasteiger charge is 2.44. The molecule has 0 aliphatic heterocycles. The lowest BCUT2D eigenvalue weighted by Gasteiger charge is -2.54. The van der Waals surface area contributed by atoms with Crippen molar-refractivity contribution in [2.24, 2.45) is 5.92 Å². The van der Waals surface area contributed by atoms with Crippen LogP contribution in [0.4, 0.5) is 0 Å². The Kier molecular flexibility index (Phi) is 11.6. The summed E-state index contributed by atoms with van der Waals surface area (Å²) in [5, 5.41) is 7.86. The van der Waals surface area contributed by atoms with E-state index in [0.29, 0.717) is 28.6 Å². The van der Waals surface area contributed by atoms with Crippen LogP contribution in [0.2, 0.25) is 0 Å². The Labute approximate surface area is 413 Å². The van der Waals surface area contributed by atoms with E-state index in [1.165, 1.54) is 25.6 Å². The summed E-state index contributed by atoms with van der Waals surface area (Å²) in [5.41, 5.74) is 4.59. The minimum atomic E-state index is -2.86. The highest BCUT2D eigenvalue weighted by Crippen LogP contribution is 2.73. The first-order chi connectivity index (χ1) is 34.6. The number of para-hydroxylation sites is 1. The van der Waals surface area contributed by atoms with Crippen LogP contribution in [-0.2, 0) is 0 Å². The molecule has 0 amide bonds. The number of aromatic nitrogens is 3. The molecule has 4 nitrogen and oxygen atoms in total. The first-order valence-corrected chi connectivity index (χ1v) is 28.3. The molecule has 0 saturated heterocycles. The van der Waals surface area contributed by atoms with Crippen LogP contribution in [0.3, 0.4) is 0 Å². The second-order valence-corrected chi connectivity index (χ2v) is 26.1. The van der Waals surface area contributed by atoms with Crippen molar-refractivity contribution in [2.75, 3.05) is 0 Å². The third-order valence-electron chi connectivity index (χ3n) is 14.4. The van der Waals surface area contributed by atoms with E-state index >= 15 is 0 Å². The van der Waals surface area contributed by atoms with Crippen LogP contribution >= 0.6 is 10.0 Å². The zero-order valence-electron chi connectivity index (χ0n) is 39.2. The Morgan fingerprint density at radius 2 is 1.10 bits per heavy atom. The molecule has 7 aromatic carbocycles. The van der Waals surface area contributed by atoms with Gasteiger partial charge < -0.3 is 4.42 Å². The maximum Gasteiger partial charge on any atom is 0.179 e. The topological polar surface area (TPSA) is 51.8 Å². The maximum absolute atomic E-state index is 6.31. The van der Waals surface area contributed by atoms with Crippen LogP contribution in [0, 0.1) is 5.92 Å². The van der Waals surface area contributed by atoms with Crippen LogP contribution in [0.1, 0.15) is 32.0 Å². The van der Waals surface area contributed by atoms with Gasteiger partial charge in [-0.05, 0) is 92.1 Å². The van der Waals surface area contributed by atoms with Crippen LogP contribution in [0.5, 0.6) is 0 Å². The van der Waals surface area contributed by atoms with Crippen LogP contribution in [0.15, 0.2) is 263 Å². The van der Waals surface area contributed by atoms with Crippen molar-refractivity contribution >= 4 is 66.4 Å². The number of nitrogens with zero attached hydrogens (tertiary/aromatic N) is 3. The van der Waals surface area contributed by atoms with E-state index in [2.05, 4.69) is 244 Å². The molecule has 0 fully saturated rings. The first-order valence-electron chi connectivity index (χ1n) is 24.5. The zero-order chi connectivity index (χ0) is 46.9. The number of allylic oxidation sites excluding steroid dienone is 10. The first kappa shape index (κ1) is 43.6. The Bertz CT molecular complexity index is 3460. The quantitative estimate of drug-likeness (QED) is 0.0958. The molecular weight excluding hydrogens is 887 g/mol. The molecule has 2 heterocycles. The molecule has 3 aliphatic rings. The third-order valence-corrected chi connectivity index (χ3v) is 24.0. The predicted molar refractivity (Wildman–Crippen MR) is 297 cm³/mol. The Morgan fingerprint density at radius 3 is 1.77 bits per heavy atom. The Hall–Kier alpha value is -7.64. The summed E-state index contributed by atoms with van der Waals surface area (Å²) in [6, 6.07) is 68.3. The highest BCUT2D eigenvalue weighted by molar-refractivity contribution is 8.38. The fraction of sp³-hybridized carbons (Fsp3) is 0.109. The molecule has 9 aromatic rings. The van der Waals surface area contributed by atoms with E-state index in [1.54, 1.807) is 4.91 Å². The largest absolute Gasteiger partial charge is 0.456 e. The summed E-state index contributed by atoms with van der Waals surface area (Å²) in [6.07, 6.45) is 26.6. The molecule has 0 saturated carbocycles. The van der Waals surface area contributed by atoms with E-state index < -0.39 is 18.1 Å². The summed E-state index contributed by atoms with van der Waals surface area (Å²) >= 11 is 0. The van der Waals surface area contributed by atoms with Gasteiger partial charge in [-0.25, -0.2) is 15.0 Å². The van der Waals surface area contributed by atoms with E-state index in [-0.39, 0.29) is 5.25 Å². The van der Waals surface area contributed by atoms with Crippen molar-refractivity contribution in [3.05, 3.63) is 260 Å². The number of rotatable bonds is 11. The molecule has 12 rings (SSSR count). The van der Waals surface area contributed by atoms with Gasteiger partial charge in [0.25, 0.3) is 0 Å². The predicted octanol–water partition coefficient (Wildman–Crippen LogP) is 13.4. The molecule has 2 aromatic heterocycles. The van der Waals surface area contributed by atoms with Crippen molar-refractivity contribution in [3.8, 4) is 22.8 Å². The summed E-state index contributed by atoms with van der Waals surface area (Å²) in [6.45, 7) is 2.36. The number of furan rings is 1. The van der Waals surface area contributed by atoms with Crippen LogP contribution < -0.4 is 20.7 Å². The fourth-order valence-electron chi connectivity index (χ4n) is 11.3. The van der Waals surface area contributed by atoms with E-state index in [4.69, 9.17) is 19.4 Å². The van der Waals surface area contributed by atoms with Gasteiger partial charge in [-0.15, -0.1) is 0 Å². The zero-order valence-corrected chi connectivity index (χ0v) is 41.0. The molecule has 6 heteroatoms. The summed E-state index contributed by atoms with van der Waals surface area (Å²) in [4.78, 5) is 19.4. The molecule has 0 bridgehead atoms. The molecule has 0 spiro atoms. The number of fused-ring (bicyclic) bond motifs is 3. The van der Waals surface area contributed by atoms with Crippen molar-refractivity contribution < 1.29 is 4.42 Å². The molecular formula is C64H53N3OSSi. The van der Waals surface area contributed by atoms with Crippen LogP contribution in [0.25, 0.3) is 50.3 Å². The monoisotopic (exact) mass is 939 g/mol. The minimum absolute atomic E-state index is 0.205. The van der Waals surface area contributed by atoms with Crippen molar-refractivity contribution in [1.82, 2.24) is 15.0 Å². The summed E-state index contributed by atoms with van der Waals surface area (Å²) < 4.78 is 6.31. The van der Waals surface area contributed by atoms with Gasteiger partial charge >= 0.3 is 0 Å². The molecule has 70 heavy (non-hydrogen) atoms. The molecule has 4 atom stereocenters. The lowest BCUT2D eigenvalue weighted by atomic mass is 10.0. The van der Waals surface area contributed by atoms with Crippen LogP contribution in [-0.4, -0.2) is 33.5 Å². The second kappa shape index (κ2) is 18.7. The van der Waals surface area contributed by atoms with Gasteiger partial charge in [-0.3, -0.25) is 0 Å². The average molecular weight is 940 g/mol. The standard InChI is InChI=1S/C64H53N3OSSi/c1-46-22-19-29-52(42-46)69(50-25-7-2-8-26-50,51-27-9-3-10-28-51)53-30-20-23-47(43-53)62-65-63(67-64(66-62)49-40-41-61-59(45-49)58-38-17-18-39-60(58)68-61)48-24-21-37-57(44-48)70(54-31-11-4-12-32-54,55-33-13-5-14-34-55)56-35-15-6-16-36-56/h2-27,29,31-41,43-46,51,53H,28,30,42H2,1H3. The van der Waals surface area contributed by atoms with Gasteiger partial charge in [0.05, 0.1) is 0 Å². The maximum atomic E-state index is 6.31. The van der Waals surface area contributed by atoms with Crippen molar-refractivity contribution in [1.29, 1.82) is 0 Å². The van der Waals surface area contributed by atoms with Crippen molar-refractivity contribution in [3.63, 3.8) is 0 Å². The fourth-order valence-corrected chi connectivity index (χ4v) is 21.3. The minimum Gasteiger partial charge on any atom is -0.456 e. The normalized spacial score (nSPS) is 19.1. The van der Waals surface area contributed by atoms with Gasteiger partial charge in [-0.1, -0.05) is 219 Å². The smallest absolute Gasteiger partial charge is 0.179 e. The lowest BCUT2D eigenvalue weighted by molar-refractivity contribution is 0.669. The average Bonchev–Trinajstić information content (AvgIpc) is 3.81. The number of hydrogen-bond acceptors (Lipinski definition) is 4. The van der Waals surface area contributed by atoms with Gasteiger partial charge in [0.2, 0.25) is 0 Å². The SMILES string of the molecule is CC1C=CC=C(S(c2ccccc2)(C2C=CC=CC2)C2C=C(c3nc(-c4cccc([Si](c5ccccc5)(c5ccccc5)c5ccccc5)c4)nc(-c4ccc5oc6ccccc6c5c4)n3)C=CC2)C1. The molecule has 340 valence electrons. The Morgan fingerprint density at radius 1 is 0.500 bits per heavy atom. The number of hydrogen-bond donors (Lipinski definition) is 0. The second-order valence-electron chi connectivity index (χ2n) is 18.7. The molecule has 3 aliphatic carbocycles. The summed E-state index contributed by atoms with van der Waals surface area (Å²) in [7, 11) is -4.51. The molecule has 0 radical (unpaired) electrons. The van der Waals surface area contributed by atoms with Gasteiger partial charge in [0.1, 0.15) is 11.2 Å². The van der Waals surface area contributed by atoms with Gasteiger partial charge in [0, 0.05) is 38.0 Å². The summed E-state index contributed by atoms with van der Waals surface area (Å²) in [5.74, 6) is 2.40. The third kappa shape index (κ3) is 7.68. The molecule has 4 unspecified atom stereocenters. The van der Waals surface area contributed by atoms with E-state index in [0.717, 1.165) is 57.9 Å². The number of benzene rings is 7. The lowest BCUT2D eigenvalue weighted by Crippen LogP contribution is -2.74. The van der Waals surface area contributed by atoms with Crippen molar-refractivity contribution in [2.45, 2.75) is 41.6 Å². The van der Waals surface area contributed by atoms with E-state index in [1.807, 2.05) is 12.1 Å². The van der Waals surface area contributed by atoms with Gasteiger partial charge in [0.15, 0.2) is 25.5 Å². The molecule has 0 N–H and O–H groups in total. The van der Waals surface area contributed by atoms with Gasteiger partial charge in [-0.2, -0.15) is 10.0 Å².